The molecule has 2 atom stereocenters. The van der Waals surface area contributed by atoms with Crippen molar-refractivity contribution in [3.63, 3.8) is 0 Å². The largest absolute Gasteiger partial charge is 0.494 e. The normalized spacial score (nSPS) is 13.9. The van der Waals surface area contributed by atoms with Crippen molar-refractivity contribution < 1.29 is 23.0 Å². The maximum absolute atomic E-state index is 11.4. The Bertz CT molecular complexity index is 747. The number of hydrogen-bond donors (Lipinski definition) is 2. The van der Waals surface area contributed by atoms with Gasteiger partial charge in [-0.25, -0.2) is 8.42 Å². The Balaban J connectivity index is 1.74. The molecule has 0 aliphatic heterocycles. The van der Waals surface area contributed by atoms with Crippen LogP contribution in [-0.2, 0) is 9.84 Å². The van der Waals surface area contributed by atoms with E-state index >= 15 is 0 Å². The predicted octanol–water partition coefficient (Wildman–Crippen LogP) is 1.63. The number of ether oxygens (including phenoxy) is 2. The van der Waals surface area contributed by atoms with Crippen molar-refractivity contribution in [2.75, 3.05) is 19.5 Å². The minimum Gasteiger partial charge on any atom is -0.494 e. The third-order valence-corrected chi connectivity index (χ3v) is 4.76. The van der Waals surface area contributed by atoms with Gasteiger partial charge in [-0.2, -0.15) is 0 Å². The van der Waals surface area contributed by atoms with Gasteiger partial charge in [0.05, 0.1) is 11.5 Å². The molecule has 0 fully saturated rings. The van der Waals surface area contributed by atoms with Gasteiger partial charge in [0.25, 0.3) is 0 Å². The molecule has 0 heterocycles. The molecule has 7 heteroatoms. The molecule has 0 aliphatic carbocycles. The van der Waals surface area contributed by atoms with E-state index in [4.69, 9.17) is 15.2 Å². The van der Waals surface area contributed by atoms with Crippen molar-refractivity contribution in [3.8, 4) is 11.5 Å². The molecule has 2 aromatic rings. The van der Waals surface area contributed by atoms with Crippen LogP contribution in [0.3, 0.4) is 0 Å². The lowest BCUT2D eigenvalue weighted by Crippen LogP contribution is -2.39. The van der Waals surface area contributed by atoms with Crippen LogP contribution in [-0.4, -0.2) is 45.1 Å². The molecule has 2 rings (SSSR count). The van der Waals surface area contributed by atoms with Crippen molar-refractivity contribution in [2.45, 2.75) is 23.5 Å². The molecule has 6 nitrogen and oxygen atoms in total. The first-order valence-electron chi connectivity index (χ1n) is 7.90. The average molecular weight is 365 g/mol. The van der Waals surface area contributed by atoms with Crippen LogP contribution in [0.4, 0.5) is 0 Å². The Hall–Kier alpha value is -2.09. The first kappa shape index (κ1) is 19.2. The Morgan fingerprint density at radius 2 is 1.60 bits per heavy atom. The highest BCUT2D eigenvalue weighted by molar-refractivity contribution is 7.90. The zero-order valence-electron chi connectivity index (χ0n) is 14.0. The van der Waals surface area contributed by atoms with Crippen LogP contribution in [0.5, 0.6) is 11.5 Å². The molecule has 0 radical (unpaired) electrons. The molecule has 0 saturated heterocycles. The maximum Gasteiger partial charge on any atom is 0.175 e. The summed E-state index contributed by atoms with van der Waals surface area (Å²) in [5, 5.41) is 10.1. The molecule has 0 saturated carbocycles. The number of nitrogens with two attached hydrogens (primary N) is 1. The van der Waals surface area contributed by atoms with Crippen LogP contribution >= 0.6 is 0 Å². The molecule has 25 heavy (non-hydrogen) atoms. The van der Waals surface area contributed by atoms with Crippen LogP contribution in [0.25, 0.3) is 0 Å². The van der Waals surface area contributed by atoms with Crippen LogP contribution in [0, 0.1) is 0 Å². The summed E-state index contributed by atoms with van der Waals surface area (Å²) in [4.78, 5) is 0.218. The van der Waals surface area contributed by atoms with Gasteiger partial charge < -0.3 is 20.3 Å². The maximum atomic E-state index is 11.4. The molecule has 0 spiro atoms. The van der Waals surface area contributed by atoms with E-state index in [2.05, 4.69) is 0 Å². The summed E-state index contributed by atoms with van der Waals surface area (Å²) in [6.07, 6.45) is 0.768. The number of hydrogen-bond acceptors (Lipinski definition) is 6. The second-order valence-corrected chi connectivity index (χ2v) is 7.75. The summed E-state index contributed by atoms with van der Waals surface area (Å²) in [7, 11) is -3.24. The number of para-hydroxylation sites is 1. The third-order valence-electron chi connectivity index (χ3n) is 3.63. The van der Waals surface area contributed by atoms with Crippen LogP contribution in [0.15, 0.2) is 59.5 Å². The van der Waals surface area contributed by atoms with Gasteiger partial charge in [0.1, 0.15) is 24.2 Å². The fourth-order valence-electron chi connectivity index (χ4n) is 2.11. The van der Waals surface area contributed by atoms with Crippen molar-refractivity contribution in [2.24, 2.45) is 5.73 Å². The fourth-order valence-corrected chi connectivity index (χ4v) is 2.74. The SMILES string of the molecule is CS(=O)(=O)c1ccc(OCC(O)C(N)CCOc2ccccc2)cc1. The van der Waals surface area contributed by atoms with Gasteiger partial charge in [0, 0.05) is 12.3 Å². The molecule has 0 bridgehead atoms. The zero-order valence-corrected chi connectivity index (χ0v) is 14.9. The highest BCUT2D eigenvalue weighted by atomic mass is 32.2. The van der Waals surface area contributed by atoms with E-state index in [9.17, 15) is 13.5 Å². The Kier molecular flexibility index (Phi) is 6.81. The van der Waals surface area contributed by atoms with E-state index in [-0.39, 0.29) is 11.5 Å². The number of benzene rings is 2. The molecule has 3 N–H and O–H groups in total. The molecule has 2 unspecified atom stereocenters. The van der Waals surface area contributed by atoms with E-state index < -0.39 is 22.0 Å². The Morgan fingerprint density at radius 1 is 1.00 bits per heavy atom. The quantitative estimate of drug-likeness (QED) is 0.701. The molecular weight excluding hydrogens is 342 g/mol. The van der Waals surface area contributed by atoms with Crippen LogP contribution in [0.2, 0.25) is 0 Å². The summed E-state index contributed by atoms with van der Waals surface area (Å²) in [5.41, 5.74) is 5.94. The number of sulfone groups is 1. The van der Waals surface area contributed by atoms with Gasteiger partial charge in [-0.05, 0) is 42.8 Å². The van der Waals surface area contributed by atoms with E-state index in [1.54, 1.807) is 12.1 Å². The van der Waals surface area contributed by atoms with Crippen molar-refractivity contribution >= 4 is 9.84 Å². The van der Waals surface area contributed by atoms with E-state index in [0.717, 1.165) is 12.0 Å². The Labute approximate surface area is 148 Å². The second kappa shape index (κ2) is 8.84. The monoisotopic (exact) mass is 365 g/mol. The van der Waals surface area contributed by atoms with Crippen LogP contribution < -0.4 is 15.2 Å². The van der Waals surface area contributed by atoms with E-state index in [0.29, 0.717) is 18.8 Å². The minimum absolute atomic E-state index is 0.0186. The first-order chi connectivity index (χ1) is 11.9. The van der Waals surface area contributed by atoms with E-state index in [1.807, 2.05) is 30.3 Å². The van der Waals surface area contributed by atoms with Crippen LogP contribution in [0.1, 0.15) is 6.42 Å². The molecule has 0 amide bonds. The molecule has 0 aromatic heterocycles. The third kappa shape index (κ3) is 6.38. The van der Waals surface area contributed by atoms with Gasteiger partial charge in [0.15, 0.2) is 9.84 Å². The number of aliphatic hydroxyl groups is 1. The summed E-state index contributed by atoms with van der Waals surface area (Å²) >= 11 is 0. The Morgan fingerprint density at radius 3 is 2.20 bits per heavy atom. The predicted molar refractivity (Wildman–Crippen MR) is 95.6 cm³/mol. The summed E-state index contributed by atoms with van der Waals surface area (Å²) in [6.45, 7) is 0.413. The lowest BCUT2D eigenvalue weighted by molar-refractivity contribution is 0.0776. The topological polar surface area (TPSA) is 98.9 Å². The molecule has 136 valence electrons. The van der Waals surface area contributed by atoms with Crippen molar-refractivity contribution in [3.05, 3.63) is 54.6 Å². The zero-order chi connectivity index (χ0) is 18.3. The highest BCUT2D eigenvalue weighted by Gasteiger charge is 2.16. The lowest BCUT2D eigenvalue weighted by Gasteiger charge is -2.19. The molecule has 2 aromatic carbocycles. The number of rotatable bonds is 9. The molecule has 0 aliphatic rings. The summed E-state index contributed by atoms with van der Waals surface area (Å²) in [6, 6.07) is 14.9. The fraction of sp³-hybridized carbons (Fsp3) is 0.333. The lowest BCUT2D eigenvalue weighted by atomic mass is 10.1. The van der Waals surface area contributed by atoms with Gasteiger partial charge >= 0.3 is 0 Å². The summed E-state index contributed by atoms with van der Waals surface area (Å²) in [5.74, 6) is 1.23. The van der Waals surface area contributed by atoms with Gasteiger partial charge in [-0.15, -0.1) is 0 Å². The average Bonchev–Trinajstić information content (AvgIpc) is 2.60. The van der Waals surface area contributed by atoms with Crippen molar-refractivity contribution in [1.82, 2.24) is 0 Å². The smallest absolute Gasteiger partial charge is 0.175 e. The van der Waals surface area contributed by atoms with Gasteiger partial charge in [-0.3, -0.25) is 0 Å². The highest BCUT2D eigenvalue weighted by Crippen LogP contribution is 2.16. The van der Waals surface area contributed by atoms with Crippen molar-refractivity contribution in [1.29, 1.82) is 0 Å². The second-order valence-electron chi connectivity index (χ2n) is 5.74. The minimum atomic E-state index is -3.24. The van der Waals surface area contributed by atoms with Gasteiger partial charge in [-0.1, -0.05) is 18.2 Å². The standard InChI is InChI=1S/C18H23NO5S/c1-25(21,22)16-9-7-15(8-10-16)24-13-18(20)17(19)11-12-23-14-5-3-2-4-6-14/h2-10,17-18,20H,11-13,19H2,1H3. The van der Waals surface area contributed by atoms with Gasteiger partial charge in [0.2, 0.25) is 0 Å². The molecular formula is C18H23NO5S. The summed E-state index contributed by atoms with van der Waals surface area (Å²) < 4.78 is 33.8. The first-order valence-corrected chi connectivity index (χ1v) is 9.80. The number of aliphatic hydroxyl groups excluding tert-OH is 1. The van der Waals surface area contributed by atoms with E-state index in [1.165, 1.54) is 12.1 Å².